The van der Waals surface area contributed by atoms with Crippen LogP contribution in [-0.2, 0) is 0 Å². The van der Waals surface area contributed by atoms with Crippen molar-refractivity contribution in [1.29, 1.82) is 0 Å². The minimum absolute atomic E-state index is 0. The molecule has 0 saturated carbocycles. The van der Waals surface area contributed by atoms with Gasteiger partial charge in [-0.3, -0.25) is 9.80 Å². The number of hydrogen-bond acceptors (Lipinski definition) is 2. The molecule has 1 aliphatic rings. The summed E-state index contributed by atoms with van der Waals surface area (Å²) in [7, 11) is 4.32. The van der Waals surface area contributed by atoms with Crippen LogP contribution in [0.25, 0.3) is 0 Å². The summed E-state index contributed by atoms with van der Waals surface area (Å²) in [5.74, 6) is 0. The van der Waals surface area contributed by atoms with Gasteiger partial charge in [-0.1, -0.05) is 0 Å². The van der Waals surface area contributed by atoms with E-state index in [-0.39, 0.29) is 12.4 Å². The van der Waals surface area contributed by atoms with Gasteiger partial charge in [-0.15, -0.1) is 12.4 Å². The molecule has 0 aromatic carbocycles. The van der Waals surface area contributed by atoms with Gasteiger partial charge < -0.3 is 0 Å². The van der Waals surface area contributed by atoms with Gasteiger partial charge in [0.15, 0.2) is 0 Å². The topological polar surface area (TPSA) is 6.48 Å². The van der Waals surface area contributed by atoms with Gasteiger partial charge in [-0.25, -0.2) is 0 Å². The van der Waals surface area contributed by atoms with E-state index >= 15 is 0 Å². The molecule has 2 nitrogen and oxygen atoms in total. The lowest BCUT2D eigenvalue weighted by molar-refractivity contribution is 0.133. The van der Waals surface area contributed by atoms with Crippen molar-refractivity contribution in [3.8, 4) is 0 Å². The standard InChI is InChI=1S/C6H14N2.ClH/c1-7-4-3-5-8(2)6-7;/h3-6H2,1-2H3;1H. The van der Waals surface area contributed by atoms with Crippen molar-refractivity contribution in [2.24, 2.45) is 0 Å². The second-order valence-corrected chi connectivity index (χ2v) is 2.65. The van der Waals surface area contributed by atoms with Gasteiger partial charge in [0.05, 0.1) is 6.67 Å². The quantitative estimate of drug-likeness (QED) is 0.500. The van der Waals surface area contributed by atoms with Crippen LogP contribution in [0.4, 0.5) is 0 Å². The average Bonchev–Trinajstić information content (AvgIpc) is 1.64. The SMILES string of the molecule is CN1CCCN(C)C1.Cl. The molecule has 0 atom stereocenters. The summed E-state index contributed by atoms with van der Waals surface area (Å²) in [6, 6.07) is 0. The Balaban J connectivity index is 0.000000640. The Kier molecular flexibility index (Phi) is 4.19. The molecule has 56 valence electrons. The zero-order valence-electron chi connectivity index (χ0n) is 6.13. The van der Waals surface area contributed by atoms with Crippen molar-refractivity contribution in [2.45, 2.75) is 6.42 Å². The van der Waals surface area contributed by atoms with Gasteiger partial charge in [0.1, 0.15) is 0 Å². The minimum atomic E-state index is 0. The third-order valence-electron chi connectivity index (χ3n) is 1.56. The van der Waals surface area contributed by atoms with E-state index in [1.165, 1.54) is 19.5 Å². The van der Waals surface area contributed by atoms with Gasteiger partial charge >= 0.3 is 0 Å². The molecule has 9 heavy (non-hydrogen) atoms. The highest BCUT2D eigenvalue weighted by Crippen LogP contribution is 1.98. The predicted octanol–water partition coefficient (Wildman–Crippen LogP) is 0.633. The summed E-state index contributed by atoms with van der Waals surface area (Å²) in [5.41, 5.74) is 0. The maximum atomic E-state index is 2.34. The Morgan fingerprint density at radius 2 is 1.44 bits per heavy atom. The van der Waals surface area contributed by atoms with Gasteiger partial charge in [0, 0.05) is 13.1 Å². The van der Waals surface area contributed by atoms with Crippen molar-refractivity contribution in [1.82, 2.24) is 9.80 Å². The van der Waals surface area contributed by atoms with Crippen LogP contribution in [0.3, 0.4) is 0 Å². The van der Waals surface area contributed by atoms with E-state index in [1.807, 2.05) is 0 Å². The maximum Gasteiger partial charge on any atom is 0.0500 e. The van der Waals surface area contributed by atoms with Crippen molar-refractivity contribution < 1.29 is 0 Å². The van der Waals surface area contributed by atoms with Crippen LogP contribution in [0.5, 0.6) is 0 Å². The second kappa shape index (κ2) is 4.09. The lowest BCUT2D eigenvalue weighted by atomic mass is 10.3. The van der Waals surface area contributed by atoms with Gasteiger partial charge in [0.2, 0.25) is 0 Å². The molecule has 0 amide bonds. The van der Waals surface area contributed by atoms with Crippen molar-refractivity contribution >= 4 is 12.4 Å². The summed E-state index contributed by atoms with van der Waals surface area (Å²) in [5, 5.41) is 0. The van der Waals surface area contributed by atoms with E-state index in [1.54, 1.807) is 0 Å². The van der Waals surface area contributed by atoms with Crippen LogP contribution in [0.2, 0.25) is 0 Å². The molecule has 1 heterocycles. The van der Waals surface area contributed by atoms with Crippen LogP contribution in [-0.4, -0.2) is 43.7 Å². The Morgan fingerprint density at radius 1 is 1.00 bits per heavy atom. The molecule has 0 aliphatic carbocycles. The first-order chi connectivity index (χ1) is 3.79. The van der Waals surface area contributed by atoms with Crippen LogP contribution in [0.15, 0.2) is 0 Å². The molecule has 0 aromatic heterocycles. The number of halogens is 1. The third-order valence-corrected chi connectivity index (χ3v) is 1.56. The molecular weight excluding hydrogens is 136 g/mol. The highest BCUT2D eigenvalue weighted by Gasteiger charge is 2.08. The summed E-state index contributed by atoms with van der Waals surface area (Å²) < 4.78 is 0. The van der Waals surface area contributed by atoms with E-state index in [0.29, 0.717) is 0 Å². The van der Waals surface area contributed by atoms with Gasteiger partial charge in [0.25, 0.3) is 0 Å². The van der Waals surface area contributed by atoms with E-state index < -0.39 is 0 Å². The molecule has 0 spiro atoms. The fourth-order valence-corrected chi connectivity index (χ4v) is 1.16. The summed E-state index contributed by atoms with van der Waals surface area (Å²) in [6.45, 7) is 3.68. The monoisotopic (exact) mass is 150 g/mol. The lowest BCUT2D eigenvalue weighted by Crippen LogP contribution is -2.40. The smallest absolute Gasteiger partial charge is 0.0500 e. The predicted molar refractivity (Wildman–Crippen MR) is 42.0 cm³/mol. The first-order valence-corrected chi connectivity index (χ1v) is 3.16. The first kappa shape index (κ1) is 9.21. The Hall–Kier alpha value is 0.210. The largest absolute Gasteiger partial charge is 0.294 e. The Labute approximate surface area is 63.2 Å². The fraction of sp³-hybridized carbons (Fsp3) is 1.00. The van der Waals surface area contributed by atoms with E-state index in [9.17, 15) is 0 Å². The zero-order valence-corrected chi connectivity index (χ0v) is 6.95. The fourth-order valence-electron chi connectivity index (χ4n) is 1.16. The Morgan fingerprint density at radius 3 is 1.67 bits per heavy atom. The minimum Gasteiger partial charge on any atom is -0.294 e. The molecule has 0 unspecified atom stereocenters. The first-order valence-electron chi connectivity index (χ1n) is 3.16. The van der Waals surface area contributed by atoms with Crippen LogP contribution < -0.4 is 0 Å². The molecular formula is C6H15ClN2. The van der Waals surface area contributed by atoms with Crippen LogP contribution in [0, 0.1) is 0 Å². The molecule has 0 N–H and O–H groups in total. The molecule has 1 saturated heterocycles. The van der Waals surface area contributed by atoms with Crippen molar-refractivity contribution in [3.05, 3.63) is 0 Å². The summed E-state index contributed by atoms with van der Waals surface area (Å²) in [4.78, 5) is 4.67. The number of nitrogens with zero attached hydrogens (tertiary/aromatic N) is 2. The van der Waals surface area contributed by atoms with Gasteiger partial charge in [-0.05, 0) is 20.5 Å². The van der Waals surface area contributed by atoms with Crippen LogP contribution in [0.1, 0.15) is 6.42 Å². The maximum absolute atomic E-state index is 2.34. The summed E-state index contributed by atoms with van der Waals surface area (Å²) >= 11 is 0. The molecule has 0 bridgehead atoms. The molecule has 1 rings (SSSR count). The third kappa shape index (κ3) is 3.04. The van der Waals surface area contributed by atoms with E-state index in [4.69, 9.17) is 0 Å². The zero-order chi connectivity index (χ0) is 5.98. The highest BCUT2D eigenvalue weighted by atomic mass is 35.5. The highest BCUT2D eigenvalue weighted by molar-refractivity contribution is 5.85. The second-order valence-electron chi connectivity index (χ2n) is 2.65. The van der Waals surface area contributed by atoms with Crippen LogP contribution >= 0.6 is 12.4 Å². The Bertz CT molecular complexity index is 69.5. The molecule has 1 fully saturated rings. The number of rotatable bonds is 0. The molecule has 3 heteroatoms. The number of hydrogen-bond donors (Lipinski definition) is 0. The molecule has 0 radical (unpaired) electrons. The van der Waals surface area contributed by atoms with Gasteiger partial charge in [-0.2, -0.15) is 0 Å². The summed E-state index contributed by atoms with van der Waals surface area (Å²) in [6.07, 6.45) is 1.33. The van der Waals surface area contributed by atoms with E-state index in [2.05, 4.69) is 23.9 Å². The average molecular weight is 151 g/mol. The molecule has 0 aromatic rings. The van der Waals surface area contributed by atoms with Crippen molar-refractivity contribution in [3.63, 3.8) is 0 Å². The normalized spacial score (nSPS) is 23.3. The molecule has 1 aliphatic heterocycles. The van der Waals surface area contributed by atoms with Crippen molar-refractivity contribution in [2.75, 3.05) is 33.9 Å². The lowest BCUT2D eigenvalue weighted by Gasteiger charge is -2.29. The van der Waals surface area contributed by atoms with E-state index in [0.717, 1.165) is 6.67 Å².